The van der Waals surface area contributed by atoms with Crippen molar-refractivity contribution in [2.75, 3.05) is 50.9 Å². The fourth-order valence-corrected chi connectivity index (χ4v) is 2.43. The average Bonchev–Trinajstić information content (AvgIpc) is 2.64. The van der Waals surface area contributed by atoms with Crippen LogP contribution >= 0.6 is 0 Å². The van der Waals surface area contributed by atoms with Crippen molar-refractivity contribution in [1.29, 1.82) is 0 Å². The summed E-state index contributed by atoms with van der Waals surface area (Å²) in [4.78, 5) is 10.7. The molecule has 1 atom stereocenters. The van der Waals surface area contributed by atoms with Crippen LogP contribution < -0.4 is 10.2 Å². The van der Waals surface area contributed by atoms with E-state index in [1.165, 1.54) is 0 Å². The topological polar surface area (TPSA) is 59.5 Å². The molecular weight excluding hydrogens is 232 g/mol. The highest BCUT2D eigenvalue weighted by Gasteiger charge is 2.38. The molecule has 98 valence electrons. The second-order valence-electron chi connectivity index (χ2n) is 4.73. The highest BCUT2D eigenvalue weighted by Crippen LogP contribution is 2.21. The third-order valence-corrected chi connectivity index (χ3v) is 3.32. The molecule has 2 fully saturated rings. The largest absolute Gasteiger partial charge is 0.376 e. The number of anilines is 1. The first-order valence-corrected chi connectivity index (χ1v) is 6.32. The number of hydrogen-bond donors (Lipinski definition) is 1. The van der Waals surface area contributed by atoms with Crippen LogP contribution in [-0.2, 0) is 9.47 Å². The van der Waals surface area contributed by atoms with Crippen molar-refractivity contribution < 1.29 is 9.47 Å². The molecule has 0 bridgehead atoms. The van der Waals surface area contributed by atoms with E-state index < -0.39 is 0 Å². The van der Waals surface area contributed by atoms with Crippen molar-refractivity contribution in [2.24, 2.45) is 0 Å². The summed E-state index contributed by atoms with van der Waals surface area (Å²) in [7, 11) is 0. The zero-order valence-electron chi connectivity index (χ0n) is 10.3. The maximum atomic E-state index is 5.95. The minimum Gasteiger partial charge on any atom is -0.376 e. The summed E-state index contributed by atoms with van der Waals surface area (Å²) in [5.41, 5.74) is -0.270. The molecule has 0 saturated carbocycles. The summed E-state index contributed by atoms with van der Waals surface area (Å²) in [6, 6.07) is 1.83. The lowest BCUT2D eigenvalue weighted by atomic mass is 10.0. The maximum Gasteiger partial charge on any atom is 0.225 e. The maximum absolute atomic E-state index is 5.95. The summed E-state index contributed by atoms with van der Waals surface area (Å²) in [5.74, 6) is 0.747. The van der Waals surface area contributed by atoms with Gasteiger partial charge in [0.2, 0.25) is 5.95 Å². The number of rotatable bonds is 1. The normalized spacial score (nSPS) is 29.2. The molecule has 18 heavy (non-hydrogen) atoms. The van der Waals surface area contributed by atoms with Crippen LogP contribution in [0, 0.1) is 0 Å². The van der Waals surface area contributed by atoms with Crippen molar-refractivity contribution >= 4 is 5.95 Å². The van der Waals surface area contributed by atoms with Gasteiger partial charge in [0.15, 0.2) is 0 Å². The molecule has 0 unspecified atom stereocenters. The number of morpholine rings is 1. The van der Waals surface area contributed by atoms with Crippen LogP contribution in [0.4, 0.5) is 5.95 Å². The lowest BCUT2D eigenvalue weighted by Gasteiger charge is -2.38. The van der Waals surface area contributed by atoms with Crippen LogP contribution in [0.1, 0.15) is 0 Å². The lowest BCUT2D eigenvalue weighted by molar-refractivity contribution is -0.0976. The van der Waals surface area contributed by atoms with E-state index in [9.17, 15) is 0 Å². The quantitative estimate of drug-likeness (QED) is 0.736. The van der Waals surface area contributed by atoms with Crippen molar-refractivity contribution in [3.05, 3.63) is 18.5 Å². The molecule has 1 aromatic heterocycles. The Morgan fingerprint density at radius 3 is 2.94 bits per heavy atom. The van der Waals surface area contributed by atoms with E-state index in [2.05, 4.69) is 20.2 Å². The molecule has 6 nitrogen and oxygen atoms in total. The van der Waals surface area contributed by atoms with Gasteiger partial charge in [-0.2, -0.15) is 0 Å². The molecule has 0 amide bonds. The lowest BCUT2D eigenvalue weighted by Crippen LogP contribution is -2.57. The van der Waals surface area contributed by atoms with Gasteiger partial charge in [0.25, 0.3) is 0 Å². The van der Waals surface area contributed by atoms with Crippen LogP contribution in [0.25, 0.3) is 0 Å². The third kappa shape index (κ3) is 2.45. The molecule has 2 aliphatic rings. The molecule has 6 heteroatoms. The molecule has 0 radical (unpaired) electrons. The van der Waals surface area contributed by atoms with Gasteiger partial charge < -0.3 is 19.7 Å². The number of ether oxygens (including phenoxy) is 2. The average molecular weight is 250 g/mol. The predicted molar refractivity (Wildman–Crippen MR) is 66.6 cm³/mol. The highest BCUT2D eigenvalue weighted by molar-refractivity contribution is 5.30. The second kappa shape index (κ2) is 5.17. The number of hydrogen-bond acceptors (Lipinski definition) is 6. The van der Waals surface area contributed by atoms with E-state index in [1.807, 2.05) is 6.07 Å². The van der Waals surface area contributed by atoms with Crippen molar-refractivity contribution in [2.45, 2.75) is 5.60 Å². The van der Waals surface area contributed by atoms with Crippen molar-refractivity contribution in [3.63, 3.8) is 0 Å². The van der Waals surface area contributed by atoms with Crippen LogP contribution in [0.15, 0.2) is 18.5 Å². The van der Waals surface area contributed by atoms with Gasteiger partial charge in [0, 0.05) is 32.0 Å². The number of aromatic nitrogens is 2. The van der Waals surface area contributed by atoms with E-state index in [0.29, 0.717) is 13.2 Å². The highest BCUT2D eigenvalue weighted by atomic mass is 16.5. The minimum absolute atomic E-state index is 0.270. The van der Waals surface area contributed by atoms with E-state index >= 15 is 0 Å². The Balaban J connectivity index is 1.78. The van der Waals surface area contributed by atoms with E-state index in [1.54, 1.807) is 12.4 Å². The number of nitrogens with one attached hydrogen (secondary N) is 1. The van der Waals surface area contributed by atoms with E-state index in [0.717, 1.165) is 38.7 Å². The standard InChI is InChI=1S/C12H18N4O2/c1-2-14-11(15-3-1)16-5-7-17-10-12(9-16)8-13-4-6-18-12/h1-3,13H,4-10H2/t12-/m1/s1. The Morgan fingerprint density at radius 1 is 1.28 bits per heavy atom. The Hall–Kier alpha value is -1.24. The summed E-state index contributed by atoms with van der Waals surface area (Å²) in [5, 5.41) is 3.37. The Kier molecular flexibility index (Phi) is 3.40. The zero-order chi connectivity index (χ0) is 12.3. The fraction of sp³-hybridized carbons (Fsp3) is 0.667. The predicted octanol–water partition coefficient (Wildman–Crippen LogP) is -0.328. The van der Waals surface area contributed by atoms with Crippen molar-refractivity contribution in [3.8, 4) is 0 Å². The van der Waals surface area contributed by atoms with Gasteiger partial charge in [0.05, 0.1) is 26.4 Å². The number of nitrogens with zero attached hydrogens (tertiary/aromatic N) is 3. The fourth-order valence-electron chi connectivity index (χ4n) is 2.43. The van der Waals surface area contributed by atoms with Gasteiger partial charge in [-0.3, -0.25) is 0 Å². The van der Waals surface area contributed by atoms with Gasteiger partial charge in [-0.15, -0.1) is 0 Å². The third-order valence-electron chi connectivity index (χ3n) is 3.32. The molecule has 3 heterocycles. The smallest absolute Gasteiger partial charge is 0.225 e. The van der Waals surface area contributed by atoms with Crippen LogP contribution in [0.5, 0.6) is 0 Å². The SMILES string of the molecule is c1cnc(N2CCOC[C@@]3(CNCCO3)C2)nc1. The summed E-state index contributed by atoms with van der Waals surface area (Å²) >= 11 is 0. The van der Waals surface area contributed by atoms with Crippen LogP contribution in [0.2, 0.25) is 0 Å². The molecule has 3 rings (SSSR count). The van der Waals surface area contributed by atoms with Gasteiger partial charge in [-0.25, -0.2) is 9.97 Å². The summed E-state index contributed by atoms with van der Waals surface area (Å²) in [6.45, 7) is 5.33. The molecule has 1 spiro atoms. The molecule has 0 aromatic carbocycles. The first-order chi connectivity index (χ1) is 8.88. The first-order valence-electron chi connectivity index (χ1n) is 6.32. The van der Waals surface area contributed by atoms with Gasteiger partial charge >= 0.3 is 0 Å². The van der Waals surface area contributed by atoms with Crippen LogP contribution in [-0.4, -0.2) is 61.6 Å². The summed E-state index contributed by atoms with van der Waals surface area (Å²) < 4.78 is 11.6. The molecule has 0 aliphatic carbocycles. The van der Waals surface area contributed by atoms with Crippen molar-refractivity contribution in [1.82, 2.24) is 15.3 Å². The minimum atomic E-state index is -0.270. The van der Waals surface area contributed by atoms with E-state index in [4.69, 9.17) is 9.47 Å². The Morgan fingerprint density at radius 2 is 2.17 bits per heavy atom. The van der Waals surface area contributed by atoms with Gasteiger partial charge in [0.1, 0.15) is 5.60 Å². The Labute approximate surface area is 106 Å². The molecule has 1 aromatic rings. The second-order valence-corrected chi connectivity index (χ2v) is 4.73. The molecule has 2 saturated heterocycles. The molecule has 1 N–H and O–H groups in total. The van der Waals surface area contributed by atoms with Gasteiger partial charge in [-0.1, -0.05) is 0 Å². The van der Waals surface area contributed by atoms with E-state index in [-0.39, 0.29) is 5.60 Å². The molecule has 2 aliphatic heterocycles. The Bertz CT molecular complexity index is 381. The zero-order valence-corrected chi connectivity index (χ0v) is 10.3. The monoisotopic (exact) mass is 250 g/mol. The van der Waals surface area contributed by atoms with Gasteiger partial charge in [-0.05, 0) is 6.07 Å². The van der Waals surface area contributed by atoms with Crippen LogP contribution in [0.3, 0.4) is 0 Å². The summed E-state index contributed by atoms with van der Waals surface area (Å²) in [6.07, 6.45) is 3.53. The molecular formula is C12H18N4O2. The first kappa shape index (κ1) is 11.8.